The number of fused-ring (bicyclic) bond motifs is 1. The summed E-state index contributed by atoms with van der Waals surface area (Å²) in [5.41, 5.74) is 0.516. The predicted molar refractivity (Wildman–Crippen MR) is 70.0 cm³/mol. The SMILES string of the molecule is CC(Cl)c1nc2cccc(Cl)c2n1CC(F)(F)C(F)F. The van der Waals surface area contributed by atoms with Gasteiger partial charge >= 0.3 is 12.3 Å². The molecule has 2 rings (SSSR count). The zero-order chi connectivity index (χ0) is 15.1. The number of nitrogens with zero attached hydrogens (tertiary/aromatic N) is 2. The second kappa shape index (κ2) is 5.41. The Bertz CT molecular complexity index is 625. The topological polar surface area (TPSA) is 17.8 Å². The third-order valence-electron chi connectivity index (χ3n) is 2.79. The Hall–Kier alpha value is -1.01. The van der Waals surface area contributed by atoms with E-state index in [1.165, 1.54) is 13.0 Å². The largest absolute Gasteiger partial charge is 0.324 e. The van der Waals surface area contributed by atoms with E-state index < -0.39 is 24.3 Å². The van der Waals surface area contributed by atoms with Crippen LogP contribution >= 0.6 is 23.2 Å². The molecule has 0 fully saturated rings. The molecule has 0 radical (unpaired) electrons. The maximum absolute atomic E-state index is 13.3. The number of imidazole rings is 1. The van der Waals surface area contributed by atoms with Crippen LogP contribution in [0.2, 0.25) is 5.02 Å². The van der Waals surface area contributed by atoms with Gasteiger partial charge in [0, 0.05) is 0 Å². The highest BCUT2D eigenvalue weighted by atomic mass is 35.5. The molecule has 1 unspecified atom stereocenters. The van der Waals surface area contributed by atoms with Crippen LogP contribution in [0.3, 0.4) is 0 Å². The Morgan fingerprint density at radius 2 is 2.00 bits per heavy atom. The number of rotatable bonds is 4. The molecule has 0 saturated carbocycles. The summed E-state index contributed by atoms with van der Waals surface area (Å²) >= 11 is 11.8. The molecule has 20 heavy (non-hydrogen) atoms. The van der Waals surface area contributed by atoms with Crippen molar-refractivity contribution in [3.63, 3.8) is 0 Å². The summed E-state index contributed by atoms with van der Waals surface area (Å²) in [6, 6.07) is 4.63. The quantitative estimate of drug-likeness (QED) is 0.577. The molecule has 0 spiro atoms. The Morgan fingerprint density at radius 1 is 1.35 bits per heavy atom. The van der Waals surface area contributed by atoms with Gasteiger partial charge in [-0.2, -0.15) is 8.78 Å². The number of aromatic nitrogens is 2. The van der Waals surface area contributed by atoms with Gasteiger partial charge in [0.15, 0.2) is 0 Å². The van der Waals surface area contributed by atoms with Crippen LogP contribution in [0.25, 0.3) is 11.0 Å². The molecule has 1 aromatic heterocycles. The second-order valence-corrected chi connectivity index (χ2v) is 5.40. The van der Waals surface area contributed by atoms with Crippen LogP contribution in [-0.2, 0) is 6.54 Å². The zero-order valence-corrected chi connectivity index (χ0v) is 11.8. The predicted octanol–water partition coefficient (Wildman–Crippen LogP) is 4.89. The first kappa shape index (κ1) is 15.4. The molecule has 8 heteroatoms. The lowest BCUT2D eigenvalue weighted by atomic mass is 10.3. The molecule has 0 aliphatic rings. The summed E-state index contributed by atoms with van der Waals surface area (Å²) in [7, 11) is 0. The van der Waals surface area contributed by atoms with Gasteiger partial charge in [-0.25, -0.2) is 13.8 Å². The van der Waals surface area contributed by atoms with Crippen molar-refractivity contribution in [2.24, 2.45) is 0 Å². The molecule has 1 atom stereocenters. The minimum absolute atomic E-state index is 0.0788. The van der Waals surface area contributed by atoms with E-state index in [1.54, 1.807) is 12.1 Å². The molecule has 2 aromatic rings. The lowest BCUT2D eigenvalue weighted by molar-refractivity contribution is -0.137. The van der Waals surface area contributed by atoms with Crippen molar-refractivity contribution in [1.82, 2.24) is 9.55 Å². The first-order valence-electron chi connectivity index (χ1n) is 5.68. The Labute approximate surface area is 122 Å². The van der Waals surface area contributed by atoms with E-state index in [1.807, 2.05) is 0 Å². The highest BCUT2D eigenvalue weighted by Gasteiger charge is 2.42. The van der Waals surface area contributed by atoms with Crippen LogP contribution < -0.4 is 0 Å². The molecule has 1 aromatic carbocycles. The van der Waals surface area contributed by atoms with Gasteiger partial charge in [0.05, 0.1) is 28.0 Å². The van der Waals surface area contributed by atoms with Gasteiger partial charge in [0.1, 0.15) is 5.82 Å². The Balaban J connectivity index is 2.63. The summed E-state index contributed by atoms with van der Waals surface area (Å²) in [4.78, 5) is 4.08. The van der Waals surface area contributed by atoms with Crippen molar-refractivity contribution in [3.05, 3.63) is 29.0 Å². The molecule has 0 amide bonds. The Kier molecular flexibility index (Phi) is 4.16. The molecule has 0 N–H and O–H groups in total. The van der Waals surface area contributed by atoms with E-state index in [2.05, 4.69) is 4.98 Å². The number of halogens is 6. The van der Waals surface area contributed by atoms with Crippen molar-refractivity contribution in [1.29, 1.82) is 0 Å². The number of para-hydroxylation sites is 1. The first-order chi connectivity index (χ1) is 9.24. The third kappa shape index (κ3) is 2.72. The van der Waals surface area contributed by atoms with Gasteiger partial charge in [-0.05, 0) is 19.1 Å². The first-order valence-corrected chi connectivity index (χ1v) is 6.50. The maximum Gasteiger partial charge on any atom is 0.324 e. The Morgan fingerprint density at radius 3 is 2.55 bits per heavy atom. The summed E-state index contributed by atoms with van der Waals surface area (Å²) < 4.78 is 52.4. The van der Waals surface area contributed by atoms with Gasteiger partial charge in [0.2, 0.25) is 0 Å². The minimum atomic E-state index is -4.19. The fourth-order valence-corrected chi connectivity index (χ4v) is 2.34. The normalized spacial score (nSPS) is 14.2. The molecular weight excluding hydrogens is 319 g/mol. The highest BCUT2D eigenvalue weighted by molar-refractivity contribution is 6.35. The number of alkyl halides is 5. The summed E-state index contributed by atoms with van der Waals surface area (Å²) in [5, 5.41) is -0.560. The molecular formula is C12H10Cl2F4N2. The summed E-state index contributed by atoms with van der Waals surface area (Å²) in [6.07, 6.45) is -3.78. The van der Waals surface area contributed by atoms with Crippen molar-refractivity contribution in [3.8, 4) is 0 Å². The van der Waals surface area contributed by atoms with Gasteiger partial charge in [-0.3, -0.25) is 0 Å². The second-order valence-electron chi connectivity index (χ2n) is 4.34. The van der Waals surface area contributed by atoms with Gasteiger partial charge in [-0.15, -0.1) is 11.6 Å². The smallest absolute Gasteiger partial charge is 0.319 e. The van der Waals surface area contributed by atoms with Crippen molar-refractivity contribution < 1.29 is 17.6 Å². The average molecular weight is 329 g/mol. The van der Waals surface area contributed by atoms with Crippen LogP contribution in [0, 0.1) is 0 Å². The molecule has 0 aliphatic carbocycles. The third-order valence-corrected chi connectivity index (χ3v) is 3.29. The zero-order valence-electron chi connectivity index (χ0n) is 10.3. The lowest BCUT2D eigenvalue weighted by Crippen LogP contribution is -2.32. The summed E-state index contributed by atoms with van der Waals surface area (Å²) in [6.45, 7) is 0.297. The minimum Gasteiger partial charge on any atom is -0.319 e. The van der Waals surface area contributed by atoms with Crippen LogP contribution in [0.5, 0.6) is 0 Å². The molecule has 110 valence electrons. The van der Waals surface area contributed by atoms with E-state index in [0.717, 1.165) is 4.57 Å². The van der Waals surface area contributed by atoms with Crippen molar-refractivity contribution in [2.75, 3.05) is 0 Å². The number of benzene rings is 1. The molecule has 2 nitrogen and oxygen atoms in total. The van der Waals surface area contributed by atoms with Gasteiger partial charge < -0.3 is 4.57 Å². The fourth-order valence-electron chi connectivity index (χ4n) is 1.90. The van der Waals surface area contributed by atoms with Gasteiger partial charge in [-0.1, -0.05) is 17.7 Å². The highest BCUT2D eigenvalue weighted by Crippen LogP contribution is 2.33. The number of hydrogen-bond acceptors (Lipinski definition) is 1. The van der Waals surface area contributed by atoms with E-state index in [4.69, 9.17) is 23.2 Å². The van der Waals surface area contributed by atoms with Crippen LogP contribution in [0.1, 0.15) is 18.1 Å². The van der Waals surface area contributed by atoms with E-state index in [-0.39, 0.29) is 16.4 Å². The fraction of sp³-hybridized carbons (Fsp3) is 0.417. The summed E-state index contributed by atoms with van der Waals surface area (Å²) in [5.74, 6) is -4.11. The van der Waals surface area contributed by atoms with Crippen molar-refractivity contribution in [2.45, 2.75) is 31.2 Å². The lowest BCUT2D eigenvalue weighted by Gasteiger charge is -2.19. The van der Waals surface area contributed by atoms with Crippen LogP contribution in [-0.4, -0.2) is 21.9 Å². The van der Waals surface area contributed by atoms with E-state index >= 15 is 0 Å². The van der Waals surface area contributed by atoms with Crippen LogP contribution in [0.4, 0.5) is 17.6 Å². The molecule has 0 saturated heterocycles. The number of hydrogen-bond donors (Lipinski definition) is 0. The van der Waals surface area contributed by atoms with Crippen molar-refractivity contribution >= 4 is 34.2 Å². The maximum atomic E-state index is 13.3. The standard InChI is InChI=1S/C12H10Cl2F4N2/c1-6(13)10-19-8-4-2-3-7(14)9(8)20(10)5-12(17,18)11(15)16/h2-4,6,11H,5H2,1H3. The van der Waals surface area contributed by atoms with Crippen LogP contribution in [0.15, 0.2) is 18.2 Å². The van der Waals surface area contributed by atoms with E-state index in [0.29, 0.717) is 5.52 Å². The monoisotopic (exact) mass is 328 g/mol. The van der Waals surface area contributed by atoms with Gasteiger partial charge in [0.25, 0.3) is 0 Å². The molecule has 0 aliphatic heterocycles. The van der Waals surface area contributed by atoms with E-state index in [9.17, 15) is 17.6 Å². The molecule has 0 bridgehead atoms. The average Bonchev–Trinajstić information content (AvgIpc) is 2.68. The molecule has 1 heterocycles.